The largest absolute Gasteiger partial charge is 0.416 e. The maximum absolute atomic E-state index is 12.6. The average Bonchev–Trinajstić information content (AvgIpc) is 3.31. The molecule has 2 aromatic rings. The number of halogens is 3. The Morgan fingerprint density at radius 3 is 2.42 bits per heavy atom. The van der Waals surface area contributed by atoms with Crippen molar-refractivity contribution in [3.8, 4) is 11.4 Å². The van der Waals surface area contributed by atoms with E-state index in [0.29, 0.717) is 18.7 Å². The van der Waals surface area contributed by atoms with Crippen LogP contribution in [0.4, 0.5) is 13.2 Å². The van der Waals surface area contributed by atoms with Crippen LogP contribution in [0.25, 0.3) is 11.4 Å². The van der Waals surface area contributed by atoms with Gasteiger partial charge in [0.2, 0.25) is 17.6 Å². The molecule has 1 aromatic carbocycles. The van der Waals surface area contributed by atoms with Gasteiger partial charge >= 0.3 is 6.18 Å². The molecule has 0 aliphatic carbocycles. The molecule has 140 valence electrons. The molecule has 1 amide bonds. The fourth-order valence-electron chi connectivity index (χ4n) is 2.86. The molecule has 0 radical (unpaired) electrons. The number of benzene rings is 1. The van der Waals surface area contributed by atoms with Gasteiger partial charge < -0.3 is 15.2 Å². The van der Waals surface area contributed by atoms with Gasteiger partial charge in [-0.15, -0.1) is 0 Å². The Morgan fingerprint density at radius 2 is 1.85 bits per heavy atom. The average molecular weight is 368 g/mol. The van der Waals surface area contributed by atoms with E-state index in [1.54, 1.807) is 11.8 Å². The van der Waals surface area contributed by atoms with Crippen LogP contribution in [0.15, 0.2) is 28.8 Å². The molecule has 1 aromatic heterocycles. The second-order valence-electron chi connectivity index (χ2n) is 6.38. The van der Waals surface area contributed by atoms with Crippen LogP contribution in [-0.2, 0) is 11.0 Å². The lowest BCUT2D eigenvalue weighted by Crippen LogP contribution is -2.45. The lowest BCUT2D eigenvalue weighted by molar-refractivity contribution is -0.137. The first-order chi connectivity index (χ1) is 12.3. The summed E-state index contributed by atoms with van der Waals surface area (Å²) in [7, 11) is 0. The molecule has 2 N–H and O–H groups in total. The first-order valence-electron chi connectivity index (χ1n) is 8.33. The number of likely N-dealkylation sites (tertiary alicyclic amines) is 1. The molecule has 1 aliphatic rings. The smallest absolute Gasteiger partial charge is 0.341 e. The SMILES string of the molecule is C[C@H](c1nc(-c2ccc(C(F)(F)F)cc2)no1)[C@H](N)C(=O)N1CCCC1. The molecule has 0 unspecified atom stereocenters. The molecule has 1 saturated heterocycles. The van der Waals surface area contributed by atoms with Crippen molar-refractivity contribution in [1.29, 1.82) is 0 Å². The van der Waals surface area contributed by atoms with Gasteiger partial charge in [-0.1, -0.05) is 24.2 Å². The Labute approximate surface area is 148 Å². The van der Waals surface area contributed by atoms with E-state index >= 15 is 0 Å². The number of carbonyl (C=O) groups excluding carboxylic acids is 1. The summed E-state index contributed by atoms with van der Waals surface area (Å²) < 4.78 is 43.1. The van der Waals surface area contributed by atoms with Gasteiger partial charge in [0, 0.05) is 18.7 Å². The van der Waals surface area contributed by atoms with Crippen molar-refractivity contribution >= 4 is 5.91 Å². The number of carbonyl (C=O) groups is 1. The predicted octanol–water partition coefficient (Wildman–Crippen LogP) is 2.81. The van der Waals surface area contributed by atoms with Crippen molar-refractivity contribution in [3.05, 3.63) is 35.7 Å². The van der Waals surface area contributed by atoms with Gasteiger partial charge in [-0.05, 0) is 25.0 Å². The maximum atomic E-state index is 12.6. The monoisotopic (exact) mass is 368 g/mol. The lowest BCUT2D eigenvalue weighted by Gasteiger charge is -2.22. The van der Waals surface area contributed by atoms with Crippen molar-refractivity contribution in [3.63, 3.8) is 0 Å². The van der Waals surface area contributed by atoms with E-state index in [1.807, 2.05) is 0 Å². The van der Waals surface area contributed by atoms with Crippen molar-refractivity contribution in [2.75, 3.05) is 13.1 Å². The number of alkyl halides is 3. The minimum absolute atomic E-state index is 0.154. The second kappa shape index (κ2) is 7.06. The summed E-state index contributed by atoms with van der Waals surface area (Å²) in [6, 6.07) is 3.65. The summed E-state index contributed by atoms with van der Waals surface area (Å²) in [4.78, 5) is 18.3. The molecular formula is C17H19F3N4O2. The quantitative estimate of drug-likeness (QED) is 0.897. The molecule has 0 bridgehead atoms. The number of hydrogen-bond donors (Lipinski definition) is 1. The van der Waals surface area contributed by atoms with Gasteiger partial charge in [0.15, 0.2) is 0 Å². The zero-order valence-electron chi connectivity index (χ0n) is 14.2. The topological polar surface area (TPSA) is 85.2 Å². The van der Waals surface area contributed by atoms with Gasteiger partial charge in [0.05, 0.1) is 17.5 Å². The van der Waals surface area contributed by atoms with Crippen LogP contribution >= 0.6 is 0 Å². The van der Waals surface area contributed by atoms with Crippen LogP contribution < -0.4 is 5.73 Å². The van der Waals surface area contributed by atoms with E-state index in [0.717, 1.165) is 25.0 Å². The Morgan fingerprint density at radius 1 is 1.23 bits per heavy atom. The van der Waals surface area contributed by atoms with Crippen LogP contribution in [0.2, 0.25) is 0 Å². The highest BCUT2D eigenvalue weighted by molar-refractivity contribution is 5.82. The summed E-state index contributed by atoms with van der Waals surface area (Å²) in [5, 5.41) is 3.79. The summed E-state index contributed by atoms with van der Waals surface area (Å²) in [6.45, 7) is 3.10. The zero-order chi connectivity index (χ0) is 18.9. The molecule has 2 atom stereocenters. The number of amides is 1. The number of hydrogen-bond acceptors (Lipinski definition) is 5. The van der Waals surface area contributed by atoms with Crippen LogP contribution in [0.5, 0.6) is 0 Å². The third kappa shape index (κ3) is 3.72. The van der Waals surface area contributed by atoms with Crippen molar-refractivity contribution in [2.24, 2.45) is 5.73 Å². The van der Waals surface area contributed by atoms with Gasteiger partial charge in [-0.3, -0.25) is 4.79 Å². The normalized spacial score (nSPS) is 17.3. The molecule has 3 rings (SSSR count). The molecule has 9 heteroatoms. The molecular weight excluding hydrogens is 349 g/mol. The molecule has 2 heterocycles. The molecule has 1 fully saturated rings. The number of aromatic nitrogens is 2. The Kier molecular flexibility index (Phi) is 4.99. The fourth-order valence-corrected chi connectivity index (χ4v) is 2.86. The predicted molar refractivity (Wildman–Crippen MR) is 86.9 cm³/mol. The molecule has 6 nitrogen and oxygen atoms in total. The van der Waals surface area contributed by atoms with E-state index in [-0.39, 0.29) is 17.6 Å². The van der Waals surface area contributed by atoms with Crippen LogP contribution in [0.3, 0.4) is 0 Å². The highest BCUT2D eigenvalue weighted by Crippen LogP contribution is 2.31. The van der Waals surface area contributed by atoms with E-state index in [9.17, 15) is 18.0 Å². The highest BCUT2D eigenvalue weighted by atomic mass is 19.4. The first-order valence-corrected chi connectivity index (χ1v) is 8.33. The second-order valence-corrected chi connectivity index (χ2v) is 6.38. The van der Waals surface area contributed by atoms with Crippen molar-refractivity contribution < 1.29 is 22.5 Å². The van der Waals surface area contributed by atoms with Crippen LogP contribution in [-0.4, -0.2) is 40.1 Å². The zero-order valence-corrected chi connectivity index (χ0v) is 14.2. The number of nitrogens with zero attached hydrogens (tertiary/aromatic N) is 3. The van der Waals surface area contributed by atoms with Gasteiger partial charge in [0.1, 0.15) is 0 Å². The van der Waals surface area contributed by atoms with Gasteiger partial charge in [0.25, 0.3) is 0 Å². The number of nitrogens with two attached hydrogens (primary N) is 1. The van der Waals surface area contributed by atoms with Crippen LogP contribution in [0, 0.1) is 0 Å². The third-order valence-corrected chi connectivity index (χ3v) is 4.54. The van der Waals surface area contributed by atoms with Crippen molar-refractivity contribution in [2.45, 2.75) is 37.9 Å². The van der Waals surface area contributed by atoms with Gasteiger partial charge in [-0.2, -0.15) is 18.2 Å². The fraction of sp³-hybridized carbons (Fsp3) is 0.471. The molecule has 1 aliphatic heterocycles. The Balaban J connectivity index is 1.73. The van der Waals surface area contributed by atoms with E-state index in [1.165, 1.54) is 12.1 Å². The minimum atomic E-state index is -4.40. The maximum Gasteiger partial charge on any atom is 0.416 e. The van der Waals surface area contributed by atoms with Crippen molar-refractivity contribution in [1.82, 2.24) is 15.0 Å². The molecule has 26 heavy (non-hydrogen) atoms. The lowest BCUT2D eigenvalue weighted by atomic mass is 10.0. The Bertz CT molecular complexity index is 767. The third-order valence-electron chi connectivity index (χ3n) is 4.54. The van der Waals surface area contributed by atoms with E-state index in [4.69, 9.17) is 10.3 Å². The van der Waals surface area contributed by atoms with E-state index < -0.39 is 23.7 Å². The summed E-state index contributed by atoms with van der Waals surface area (Å²) in [6.07, 6.45) is -2.48. The van der Waals surface area contributed by atoms with Gasteiger partial charge in [-0.25, -0.2) is 0 Å². The van der Waals surface area contributed by atoms with E-state index in [2.05, 4.69) is 10.1 Å². The summed E-state index contributed by atoms with van der Waals surface area (Å²) >= 11 is 0. The molecule has 0 saturated carbocycles. The Hall–Kier alpha value is -2.42. The highest BCUT2D eigenvalue weighted by Gasteiger charge is 2.32. The molecule has 0 spiro atoms. The summed E-state index contributed by atoms with van der Waals surface area (Å²) in [5.74, 6) is -0.329. The summed E-state index contributed by atoms with van der Waals surface area (Å²) in [5.41, 5.74) is 5.68. The van der Waals surface area contributed by atoms with Crippen LogP contribution in [0.1, 0.15) is 37.1 Å². The standard InChI is InChI=1S/C17H19F3N4O2/c1-10(13(21)16(25)24-8-2-3-9-24)15-22-14(23-26-15)11-4-6-12(7-5-11)17(18,19)20/h4-7,10,13H,2-3,8-9,21H2,1H3/t10-,13-/m0/s1. The first kappa shape index (κ1) is 18.4. The number of rotatable bonds is 4. The minimum Gasteiger partial charge on any atom is -0.341 e.